The third-order valence-corrected chi connectivity index (χ3v) is 2.84. The molecule has 0 fully saturated rings. The summed E-state index contributed by atoms with van der Waals surface area (Å²) in [5.41, 5.74) is -0.403. The molecule has 114 valence electrons. The summed E-state index contributed by atoms with van der Waals surface area (Å²) in [6, 6.07) is 5.33. The number of aromatic carboxylic acids is 1. The highest BCUT2D eigenvalue weighted by Gasteiger charge is 2.25. The van der Waals surface area contributed by atoms with E-state index in [4.69, 9.17) is 5.11 Å². The van der Waals surface area contributed by atoms with Gasteiger partial charge in [0.1, 0.15) is 6.04 Å². The Morgan fingerprint density at radius 2 is 1.71 bits per heavy atom. The van der Waals surface area contributed by atoms with Crippen LogP contribution in [-0.2, 0) is 9.59 Å². The second-order valence-corrected chi connectivity index (χ2v) is 5.79. The smallest absolute Gasteiger partial charge is 0.337 e. The van der Waals surface area contributed by atoms with Crippen molar-refractivity contribution >= 4 is 23.5 Å². The summed E-state index contributed by atoms with van der Waals surface area (Å²) in [5.74, 6) is -1.85. The Balaban J connectivity index is 2.78. The second kappa shape index (κ2) is 6.39. The summed E-state index contributed by atoms with van der Waals surface area (Å²) >= 11 is 0. The summed E-state index contributed by atoms with van der Waals surface area (Å²) in [5, 5.41) is 14.2. The van der Waals surface area contributed by atoms with Crippen LogP contribution in [0.4, 0.5) is 5.69 Å². The Bertz CT molecular complexity index is 561. The van der Waals surface area contributed by atoms with E-state index in [1.807, 2.05) is 0 Å². The van der Waals surface area contributed by atoms with E-state index in [1.165, 1.54) is 12.1 Å². The van der Waals surface area contributed by atoms with Gasteiger partial charge in [-0.3, -0.25) is 9.59 Å². The molecule has 6 nitrogen and oxygen atoms in total. The molecule has 1 unspecified atom stereocenters. The van der Waals surface area contributed by atoms with E-state index < -0.39 is 23.3 Å². The predicted octanol–water partition coefficient (Wildman–Crippen LogP) is 1.87. The SMILES string of the molecule is CC(NC(=O)C(C)(C)C)C(=O)Nc1ccccc1C(=O)O. The van der Waals surface area contributed by atoms with E-state index in [2.05, 4.69) is 10.6 Å². The maximum absolute atomic E-state index is 12.0. The number of para-hydroxylation sites is 1. The van der Waals surface area contributed by atoms with Crippen LogP contribution in [0.5, 0.6) is 0 Å². The first-order chi connectivity index (χ1) is 9.62. The number of carbonyl (C=O) groups excluding carboxylic acids is 2. The normalized spacial score (nSPS) is 12.4. The number of anilines is 1. The highest BCUT2D eigenvalue weighted by atomic mass is 16.4. The lowest BCUT2D eigenvalue weighted by Crippen LogP contribution is -2.46. The molecule has 1 atom stereocenters. The summed E-state index contributed by atoms with van der Waals surface area (Å²) in [4.78, 5) is 34.9. The number of nitrogens with one attached hydrogen (secondary N) is 2. The predicted molar refractivity (Wildman–Crippen MR) is 79.1 cm³/mol. The maximum atomic E-state index is 12.0. The van der Waals surface area contributed by atoms with Crippen molar-refractivity contribution in [2.24, 2.45) is 5.41 Å². The van der Waals surface area contributed by atoms with Gasteiger partial charge in [0.05, 0.1) is 11.3 Å². The van der Waals surface area contributed by atoms with Gasteiger partial charge in [-0.2, -0.15) is 0 Å². The number of carboxylic acids is 1. The lowest BCUT2D eigenvalue weighted by Gasteiger charge is -2.21. The maximum Gasteiger partial charge on any atom is 0.337 e. The zero-order valence-electron chi connectivity index (χ0n) is 12.6. The Morgan fingerprint density at radius 1 is 1.14 bits per heavy atom. The number of amides is 2. The van der Waals surface area contributed by atoms with E-state index in [9.17, 15) is 14.4 Å². The summed E-state index contributed by atoms with van der Waals surface area (Å²) in [6.07, 6.45) is 0. The van der Waals surface area contributed by atoms with Crippen LogP contribution in [0.1, 0.15) is 38.1 Å². The number of hydrogen-bond acceptors (Lipinski definition) is 3. The highest BCUT2D eigenvalue weighted by molar-refractivity contribution is 6.03. The fourth-order valence-corrected chi connectivity index (χ4v) is 1.50. The number of rotatable bonds is 4. The number of carbonyl (C=O) groups is 3. The summed E-state index contributed by atoms with van der Waals surface area (Å²) in [6.45, 7) is 6.77. The minimum absolute atomic E-state index is 0.000183. The molecule has 0 saturated carbocycles. The molecule has 0 saturated heterocycles. The molecule has 0 radical (unpaired) electrons. The quantitative estimate of drug-likeness (QED) is 0.789. The van der Waals surface area contributed by atoms with Gasteiger partial charge in [-0.25, -0.2) is 4.79 Å². The molecular weight excluding hydrogens is 272 g/mol. The van der Waals surface area contributed by atoms with Crippen LogP contribution in [0.2, 0.25) is 0 Å². The Morgan fingerprint density at radius 3 is 2.24 bits per heavy atom. The number of benzene rings is 1. The Hall–Kier alpha value is -2.37. The molecule has 1 aromatic carbocycles. The molecule has 0 spiro atoms. The summed E-state index contributed by atoms with van der Waals surface area (Å²) < 4.78 is 0. The summed E-state index contributed by atoms with van der Waals surface area (Å²) in [7, 11) is 0. The van der Waals surface area contributed by atoms with Crippen LogP contribution < -0.4 is 10.6 Å². The Kier molecular flexibility index (Phi) is 5.07. The van der Waals surface area contributed by atoms with Crippen molar-refractivity contribution in [1.82, 2.24) is 5.32 Å². The molecule has 0 heterocycles. The van der Waals surface area contributed by atoms with E-state index >= 15 is 0 Å². The average molecular weight is 292 g/mol. The van der Waals surface area contributed by atoms with Crippen molar-refractivity contribution in [2.75, 3.05) is 5.32 Å². The first-order valence-electron chi connectivity index (χ1n) is 6.57. The lowest BCUT2D eigenvalue weighted by molar-refractivity contribution is -0.131. The van der Waals surface area contributed by atoms with Gasteiger partial charge in [0, 0.05) is 5.41 Å². The Labute approximate surface area is 123 Å². The van der Waals surface area contributed by atoms with Crippen LogP contribution in [0.25, 0.3) is 0 Å². The van der Waals surface area contributed by atoms with Crippen molar-refractivity contribution < 1.29 is 19.5 Å². The molecule has 0 aromatic heterocycles. The molecule has 3 N–H and O–H groups in total. The van der Waals surface area contributed by atoms with Crippen molar-refractivity contribution in [3.8, 4) is 0 Å². The van der Waals surface area contributed by atoms with Gasteiger partial charge >= 0.3 is 5.97 Å². The van der Waals surface area contributed by atoms with Crippen molar-refractivity contribution in [2.45, 2.75) is 33.7 Å². The van der Waals surface area contributed by atoms with Gasteiger partial charge in [0.15, 0.2) is 0 Å². The monoisotopic (exact) mass is 292 g/mol. The van der Waals surface area contributed by atoms with Crippen LogP contribution in [0.15, 0.2) is 24.3 Å². The minimum Gasteiger partial charge on any atom is -0.478 e. The van der Waals surface area contributed by atoms with Gasteiger partial charge in [-0.15, -0.1) is 0 Å². The molecule has 0 aliphatic carbocycles. The topological polar surface area (TPSA) is 95.5 Å². The zero-order chi connectivity index (χ0) is 16.2. The molecule has 6 heteroatoms. The standard InChI is InChI=1S/C15H20N2O4/c1-9(16-14(21)15(2,3)4)12(18)17-11-8-6-5-7-10(11)13(19)20/h5-9H,1-4H3,(H,16,21)(H,17,18)(H,19,20). The molecule has 0 bridgehead atoms. The van der Waals surface area contributed by atoms with Crippen LogP contribution in [-0.4, -0.2) is 28.9 Å². The minimum atomic E-state index is -1.13. The zero-order valence-corrected chi connectivity index (χ0v) is 12.6. The average Bonchev–Trinajstić information content (AvgIpc) is 2.37. The molecule has 1 rings (SSSR count). The van der Waals surface area contributed by atoms with Gasteiger partial charge < -0.3 is 15.7 Å². The molecular formula is C15H20N2O4. The van der Waals surface area contributed by atoms with Crippen LogP contribution in [0, 0.1) is 5.41 Å². The van der Waals surface area contributed by atoms with Crippen molar-refractivity contribution in [3.05, 3.63) is 29.8 Å². The van der Waals surface area contributed by atoms with E-state index in [0.29, 0.717) is 0 Å². The molecule has 0 aliphatic rings. The number of carboxylic acid groups (broad SMARTS) is 1. The molecule has 0 aliphatic heterocycles. The van der Waals surface area contributed by atoms with E-state index in [0.717, 1.165) is 0 Å². The largest absolute Gasteiger partial charge is 0.478 e. The van der Waals surface area contributed by atoms with Crippen LogP contribution in [0.3, 0.4) is 0 Å². The first kappa shape index (κ1) is 16.7. The third kappa shape index (κ3) is 4.59. The van der Waals surface area contributed by atoms with Gasteiger partial charge in [0.25, 0.3) is 0 Å². The first-order valence-corrected chi connectivity index (χ1v) is 6.57. The van der Waals surface area contributed by atoms with Crippen molar-refractivity contribution in [1.29, 1.82) is 0 Å². The molecule has 2 amide bonds. The van der Waals surface area contributed by atoms with Gasteiger partial charge in [-0.05, 0) is 19.1 Å². The fourth-order valence-electron chi connectivity index (χ4n) is 1.50. The number of hydrogen-bond donors (Lipinski definition) is 3. The van der Waals surface area contributed by atoms with Gasteiger partial charge in [0.2, 0.25) is 11.8 Å². The third-order valence-electron chi connectivity index (χ3n) is 2.84. The van der Waals surface area contributed by atoms with Crippen molar-refractivity contribution in [3.63, 3.8) is 0 Å². The van der Waals surface area contributed by atoms with E-state index in [-0.39, 0.29) is 17.2 Å². The molecule has 21 heavy (non-hydrogen) atoms. The highest BCUT2D eigenvalue weighted by Crippen LogP contribution is 2.16. The van der Waals surface area contributed by atoms with Crippen LogP contribution >= 0.6 is 0 Å². The lowest BCUT2D eigenvalue weighted by atomic mass is 9.95. The second-order valence-electron chi connectivity index (χ2n) is 5.79. The van der Waals surface area contributed by atoms with E-state index in [1.54, 1.807) is 39.8 Å². The fraction of sp³-hybridized carbons (Fsp3) is 0.400. The molecule has 1 aromatic rings. The van der Waals surface area contributed by atoms with Gasteiger partial charge in [-0.1, -0.05) is 32.9 Å².